The van der Waals surface area contributed by atoms with Crippen LogP contribution in [0.4, 0.5) is 0 Å². The Morgan fingerprint density at radius 2 is 2.29 bits per heavy atom. The van der Waals surface area contributed by atoms with Crippen LogP contribution in [0.5, 0.6) is 0 Å². The molecule has 0 aliphatic carbocycles. The summed E-state index contributed by atoms with van der Waals surface area (Å²) in [6.45, 7) is 1.83. The predicted octanol–water partition coefficient (Wildman–Crippen LogP) is 1.37. The Morgan fingerprint density at radius 1 is 1.57 bits per heavy atom. The maximum absolute atomic E-state index is 10.5. The van der Waals surface area contributed by atoms with E-state index in [9.17, 15) is 4.79 Å². The van der Waals surface area contributed by atoms with E-state index >= 15 is 0 Å². The van der Waals surface area contributed by atoms with E-state index in [1.54, 1.807) is 18.2 Å². The molecule has 0 spiro atoms. The second-order valence-electron chi connectivity index (χ2n) is 2.87. The summed E-state index contributed by atoms with van der Waals surface area (Å²) in [7, 11) is 0. The van der Waals surface area contributed by atoms with Gasteiger partial charge < -0.3 is 5.73 Å². The fraction of sp³-hybridized carbons (Fsp3) is 0.0909. The standard InChI is InChI=1S/C11H10N2O/c1-8-9(5-6-11(13)14)3-2-4-10(8)7-12/h2-6H,1H3,(H2,13,14). The molecule has 0 aliphatic heterocycles. The van der Waals surface area contributed by atoms with Crippen molar-refractivity contribution in [3.63, 3.8) is 0 Å². The summed E-state index contributed by atoms with van der Waals surface area (Å²) in [6, 6.07) is 7.41. The fourth-order valence-corrected chi connectivity index (χ4v) is 1.13. The summed E-state index contributed by atoms with van der Waals surface area (Å²) in [6.07, 6.45) is 2.89. The lowest BCUT2D eigenvalue weighted by atomic mass is 10.0. The van der Waals surface area contributed by atoms with Crippen molar-refractivity contribution in [3.05, 3.63) is 41.0 Å². The van der Waals surface area contributed by atoms with Crippen molar-refractivity contribution in [1.29, 1.82) is 5.26 Å². The first-order valence-electron chi connectivity index (χ1n) is 4.12. The molecule has 0 aliphatic rings. The Balaban J connectivity index is 3.12. The number of hydrogen-bond acceptors (Lipinski definition) is 2. The van der Waals surface area contributed by atoms with Gasteiger partial charge in [0, 0.05) is 6.08 Å². The minimum absolute atomic E-state index is 0.494. The summed E-state index contributed by atoms with van der Waals surface area (Å²) >= 11 is 0. The van der Waals surface area contributed by atoms with Gasteiger partial charge in [0.2, 0.25) is 5.91 Å². The SMILES string of the molecule is Cc1c(C#N)cccc1C=CC(N)=O. The smallest absolute Gasteiger partial charge is 0.241 e. The molecule has 0 atom stereocenters. The van der Waals surface area contributed by atoms with Crippen molar-refractivity contribution in [2.75, 3.05) is 0 Å². The zero-order valence-electron chi connectivity index (χ0n) is 7.82. The van der Waals surface area contributed by atoms with Crippen LogP contribution >= 0.6 is 0 Å². The maximum atomic E-state index is 10.5. The number of amides is 1. The van der Waals surface area contributed by atoms with E-state index in [4.69, 9.17) is 11.0 Å². The monoisotopic (exact) mass is 186 g/mol. The number of nitrogens with zero attached hydrogens (tertiary/aromatic N) is 1. The molecular weight excluding hydrogens is 176 g/mol. The van der Waals surface area contributed by atoms with Gasteiger partial charge in [-0.15, -0.1) is 0 Å². The molecule has 1 aromatic carbocycles. The Labute approximate surface area is 82.5 Å². The average molecular weight is 186 g/mol. The van der Waals surface area contributed by atoms with Gasteiger partial charge in [0.25, 0.3) is 0 Å². The van der Waals surface area contributed by atoms with Crippen molar-refractivity contribution < 1.29 is 4.79 Å². The molecule has 14 heavy (non-hydrogen) atoms. The van der Waals surface area contributed by atoms with Crippen LogP contribution in [0.3, 0.4) is 0 Å². The molecule has 0 fully saturated rings. The topological polar surface area (TPSA) is 66.9 Å². The molecule has 3 heteroatoms. The third-order valence-electron chi connectivity index (χ3n) is 1.92. The molecule has 1 rings (SSSR count). The second kappa shape index (κ2) is 4.24. The first kappa shape index (κ1) is 10.0. The van der Waals surface area contributed by atoms with Crippen molar-refractivity contribution >= 4 is 12.0 Å². The zero-order chi connectivity index (χ0) is 10.6. The largest absolute Gasteiger partial charge is 0.366 e. The fourth-order valence-electron chi connectivity index (χ4n) is 1.13. The first-order chi connectivity index (χ1) is 6.65. The van der Waals surface area contributed by atoms with Crippen LogP contribution in [0.1, 0.15) is 16.7 Å². The minimum atomic E-state index is -0.494. The van der Waals surface area contributed by atoms with Gasteiger partial charge in [0.15, 0.2) is 0 Å². The van der Waals surface area contributed by atoms with Gasteiger partial charge >= 0.3 is 0 Å². The maximum Gasteiger partial charge on any atom is 0.241 e. The number of carbonyl (C=O) groups excluding carboxylic acids is 1. The summed E-state index contributed by atoms with van der Waals surface area (Å²) in [5.41, 5.74) is 7.27. The van der Waals surface area contributed by atoms with Gasteiger partial charge in [0.1, 0.15) is 0 Å². The Morgan fingerprint density at radius 3 is 2.86 bits per heavy atom. The van der Waals surface area contributed by atoms with Gasteiger partial charge in [0.05, 0.1) is 11.6 Å². The lowest BCUT2D eigenvalue weighted by Crippen LogP contribution is -2.05. The predicted molar refractivity (Wildman–Crippen MR) is 54.1 cm³/mol. The van der Waals surface area contributed by atoms with Crippen LogP contribution in [0.2, 0.25) is 0 Å². The molecule has 2 N–H and O–H groups in total. The highest BCUT2D eigenvalue weighted by atomic mass is 16.1. The van der Waals surface area contributed by atoms with E-state index in [-0.39, 0.29) is 0 Å². The number of rotatable bonds is 2. The molecule has 70 valence electrons. The van der Waals surface area contributed by atoms with E-state index in [0.717, 1.165) is 11.1 Å². The minimum Gasteiger partial charge on any atom is -0.366 e. The van der Waals surface area contributed by atoms with Gasteiger partial charge in [-0.05, 0) is 30.2 Å². The zero-order valence-corrected chi connectivity index (χ0v) is 7.82. The van der Waals surface area contributed by atoms with Crippen molar-refractivity contribution in [3.8, 4) is 6.07 Å². The van der Waals surface area contributed by atoms with E-state index in [2.05, 4.69) is 6.07 Å². The Bertz CT molecular complexity index is 427. The summed E-state index contributed by atoms with van der Waals surface area (Å²) < 4.78 is 0. The molecule has 3 nitrogen and oxygen atoms in total. The molecule has 0 aromatic heterocycles. The van der Waals surface area contributed by atoms with Crippen LogP contribution in [0.15, 0.2) is 24.3 Å². The van der Waals surface area contributed by atoms with E-state index in [0.29, 0.717) is 5.56 Å². The lowest BCUT2D eigenvalue weighted by Gasteiger charge is -2.00. The van der Waals surface area contributed by atoms with Crippen molar-refractivity contribution in [2.45, 2.75) is 6.92 Å². The van der Waals surface area contributed by atoms with Crippen LogP contribution in [0, 0.1) is 18.3 Å². The van der Waals surface area contributed by atoms with Gasteiger partial charge in [-0.1, -0.05) is 12.1 Å². The molecule has 0 saturated carbocycles. The normalized spacial score (nSPS) is 10.0. The number of primary amides is 1. The Hall–Kier alpha value is -2.08. The molecule has 0 radical (unpaired) electrons. The third-order valence-corrected chi connectivity index (χ3v) is 1.92. The van der Waals surface area contributed by atoms with Crippen LogP contribution in [-0.4, -0.2) is 5.91 Å². The number of benzene rings is 1. The summed E-state index contributed by atoms with van der Waals surface area (Å²) in [4.78, 5) is 10.5. The molecule has 1 amide bonds. The third kappa shape index (κ3) is 2.20. The number of carbonyl (C=O) groups is 1. The van der Waals surface area contributed by atoms with E-state index < -0.39 is 5.91 Å². The quantitative estimate of drug-likeness (QED) is 0.708. The first-order valence-corrected chi connectivity index (χ1v) is 4.12. The van der Waals surface area contributed by atoms with E-state index in [1.807, 2.05) is 13.0 Å². The van der Waals surface area contributed by atoms with Gasteiger partial charge in [-0.3, -0.25) is 4.79 Å². The van der Waals surface area contributed by atoms with Crippen molar-refractivity contribution in [2.24, 2.45) is 5.73 Å². The average Bonchev–Trinajstić information content (AvgIpc) is 2.16. The van der Waals surface area contributed by atoms with Gasteiger partial charge in [-0.2, -0.15) is 5.26 Å². The van der Waals surface area contributed by atoms with Crippen LogP contribution < -0.4 is 5.73 Å². The molecular formula is C11H10N2O. The van der Waals surface area contributed by atoms with Crippen molar-refractivity contribution in [1.82, 2.24) is 0 Å². The number of nitrogens with two attached hydrogens (primary N) is 1. The van der Waals surface area contributed by atoms with Gasteiger partial charge in [-0.25, -0.2) is 0 Å². The lowest BCUT2D eigenvalue weighted by molar-refractivity contribution is -0.113. The Kier molecular flexibility index (Phi) is 3.03. The summed E-state index contributed by atoms with van der Waals surface area (Å²) in [5.74, 6) is -0.494. The summed E-state index contributed by atoms with van der Waals surface area (Å²) in [5, 5.41) is 8.75. The number of nitriles is 1. The molecule has 0 unspecified atom stereocenters. The highest BCUT2D eigenvalue weighted by molar-refractivity contribution is 5.90. The molecule has 0 saturated heterocycles. The molecule has 0 bridgehead atoms. The second-order valence-corrected chi connectivity index (χ2v) is 2.87. The number of hydrogen-bond donors (Lipinski definition) is 1. The highest BCUT2D eigenvalue weighted by Gasteiger charge is 1.99. The molecule has 1 aromatic rings. The highest BCUT2D eigenvalue weighted by Crippen LogP contribution is 2.13. The van der Waals surface area contributed by atoms with Crippen LogP contribution in [0.25, 0.3) is 6.08 Å². The van der Waals surface area contributed by atoms with Crippen LogP contribution in [-0.2, 0) is 4.79 Å². The molecule has 0 heterocycles. The van der Waals surface area contributed by atoms with E-state index in [1.165, 1.54) is 6.08 Å².